The number of pyridine rings is 1. The Morgan fingerprint density at radius 1 is 1.10 bits per heavy atom. The molecule has 0 aliphatic carbocycles. The quantitative estimate of drug-likeness (QED) is 0.905. The number of halogens is 1. The molecule has 4 heteroatoms. The number of rotatable bonds is 2. The van der Waals surface area contributed by atoms with Crippen LogP contribution in [0, 0.1) is 33.5 Å². The van der Waals surface area contributed by atoms with Gasteiger partial charge < -0.3 is 5.32 Å². The third-order valence-corrected chi connectivity index (χ3v) is 3.21. The molecule has 0 atom stereocenters. The average Bonchev–Trinajstić information content (AvgIpc) is 2.36. The molecule has 1 amide bonds. The molecule has 0 fully saturated rings. The van der Waals surface area contributed by atoms with Crippen molar-refractivity contribution in [3.05, 3.63) is 58.2 Å². The molecule has 1 aromatic heterocycles. The molecule has 20 heavy (non-hydrogen) atoms. The summed E-state index contributed by atoms with van der Waals surface area (Å²) in [5.41, 5.74) is 4.36. The first-order valence-corrected chi connectivity index (χ1v) is 6.41. The van der Waals surface area contributed by atoms with E-state index >= 15 is 0 Å². The van der Waals surface area contributed by atoms with Crippen molar-refractivity contribution < 1.29 is 9.18 Å². The largest absolute Gasteiger partial charge is 0.320 e. The molecule has 0 bridgehead atoms. The maximum atomic E-state index is 13.3. The number of nitrogens with zero attached hydrogens (tertiary/aromatic N) is 1. The van der Waals surface area contributed by atoms with Gasteiger partial charge in [0.05, 0.1) is 11.4 Å². The minimum absolute atomic E-state index is 0.321. The highest BCUT2D eigenvalue weighted by molar-refractivity contribution is 6.05. The maximum absolute atomic E-state index is 13.3. The summed E-state index contributed by atoms with van der Waals surface area (Å²) >= 11 is 0. The van der Waals surface area contributed by atoms with Crippen LogP contribution >= 0.6 is 0 Å². The van der Waals surface area contributed by atoms with Crippen molar-refractivity contribution in [3.8, 4) is 0 Å². The first-order chi connectivity index (χ1) is 9.38. The van der Waals surface area contributed by atoms with Crippen LogP contribution in [0.5, 0.6) is 0 Å². The molecule has 1 N–H and O–H groups in total. The first kappa shape index (κ1) is 14.2. The Labute approximate surface area is 117 Å². The number of carbonyl (C=O) groups excluding carboxylic acids is 1. The summed E-state index contributed by atoms with van der Waals surface area (Å²) in [6, 6.07) is 6.09. The number of hydrogen-bond donors (Lipinski definition) is 1. The van der Waals surface area contributed by atoms with E-state index in [-0.39, 0.29) is 5.91 Å². The van der Waals surface area contributed by atoms with Crippen molar-refractivity contribution in [1.29, 1.82) is 0 Å². The Balaban J connectivity index is 2.35. The van der Waals surface area contributed by atoms with E-state index in [1.165, 1.54) is 12.1 Å². The number of aromatic nitrogens is 1. The molecule has 2 aromatic rings. The highest BCUT2D eigenvalue weighted by Crippen LogP contribution is 2.21. The van der Waals surface area contributed by atoms with Gasteiger partial charge in [-0.15, -0.1) is 0 Å². The van der Waals surface area contributed by atoms with E-state index < -0.39 is 5.82 Å². The van der Waals surface area contributed by atoms with Crippen molar-refractivity contribution in [2.24, 2.45) is 0 Å². The zero-order valence-electron chi connectivity index (χ0n) is 12.0. The normalized spacial score (nSPS) is 10.4. The van der Waals surface area contributed by atoms with Crippen LogP contribution in [0.2, 0.25) is 0 Å². The number of carbonyl (C=O) groups is 1. The third kappa shape index (κ3) is 2.85. The molecule has 1 heterocycles. The lowest BCUT2D eigenvalue weighted by Gasteiger charge is -2.13. The van der Waals surface area contributed by atoms with Crippen molar-refractivity contribution in [2.45, 2.75) is 27.7 Å². The number of anilines is 1. The van der Waals surface area contributed by atoms with Crippen LogP contribution in [-0.4, -0.2) is 10.9 Å². The van der Waals surface area contributed by atoms with Gasteiger partial charge in [-0.25, -0.2) is 4.39 Å². The summed E-state index contributed by atoms with van der Waals surface area (Å²) in [5.74, 6) is -0.741. The Hall–Kier alpha value is -2.23. The lowest BCUT2D eigenvalue weighted by Crippen LogP contribution is -2.16. The molecule has 104 valence electrons. The van der Waals surface area contributed by atoms with Gasteiger partial charge in [0, 0.05) is 11.3 Å². The summed E-state index contributed by atoms with van der Waals surface area (Å²) in [6.07, 6.45) is 0. The molecule has 2 rings (SSSR count). The van der Waals surface area contributed by atoms with Gasteiger partial charge in [-0.3, -0.25) is 9.78 Å². The zero-order valence-corrected chi connectivity index (χ0v) is 12.0. The smallest absolute Gasteiger partial charge is 0.256 e. The Morgan fingerprint density at radius 3 is 2.45 bits per heavy atom. The van der Waals surface area contributed by atoms with Crippen LogP contribution < -0.4 is 5.32 Å². The second-order valence-electron chi connectivity index (χ2n) is 4.95. The fourth-order valence-electron chi connectivity index (χ4n) is 2.23. The highest BCUT2D eigenvalue weighted by Gasteiger charge is 2.13. The lowest BCUT2D eigenvalue weighted by atomic mass is 10.1. The summed E-state index contributed by atoms with van der Waals surface area (Å²) in [6.45, 7) is 7.44. The van der Waals surface area contributed by atoms with Crippen LogP contribution in [0.1, 0.15) is 32.9 Å². The molecule has 1 aromatic carbocycles. The standard InChI is InChI=1S/C16H17FN2O/c1-9-5-6-13(17)8-14(9)16(20)19-15-10(2)7-11(3)18-12(15)4/h5-8H,1-4H3,(H,19,20). The number of aryl methyl sites for hydroxylation is 4. The van der Waals surface area contributed by atoms with E-state index in [0.29, 0.717) is 11.3 Å². The van der Waals surface area contributed by atoms with E-state index in [0.717, 1.165) is 22.5 Å². The van der Waals surface area contributed by atoms with Crippen LogP contribution in [-0.2, 0) is 0 Å². The monoisotopic (exact) mass is 272 g/mol. The van der Waals surface area contributed by atoms with Crippen molar-refractivity contribution in [1.82, 2.24) is 4.98 Å². The average molecular weight is 272 g/mol. The van der Waals surface area contributed by atoms with Crippen LogP contribution in [0.3, 0.4) is 0 Å². The topological polar surface area (TPSA) is 42.0 Å². The van der Waals surface area contributed by atoms with E-state index in [2.05, 4.69) is 10.3 Å². The van der Waals surface area contributed by atoms with Gasteiger partial charge >= 0.3 is 0 Å². The molecule has 0 aliphatic heterocycles. The van der Waals surface area contributed by atoms with Crippen molar-refractivity contribution in [2.75, 3.05) is 5.32 Å². The Kier molecular flexibility index (Phi) is 3.84. The molecule has 0 spiro atoms. The van der Waals surface area contributed by atoms with Gasteiger partial charge in [-0.1, -0.05) is 6.07 Å². The molecular formula is C16H17FN2O. The maximum Gasteiger partial charge on any atom is 0.256 e. The predicted octanol–water partition coefficient (Wildman–Crippen LogP) is 3.71. The fourth-order valence-corrected chi connectivity index (χ4v) is 2.23. The second-order valence-corrected chi connectivity index (χ2v) is 4.95. The third-order valence-electron chi connectivity index (χ3n) is 3.21. The van der Waals surface area contributed by atoms with Gasteiger partial charge in [0.2, 0.25) is 0 Å². The number of nitrogens with one attached hydrogen (secondary N) is 1. The van der Waals surface area contributed by atoms with Gasteiger partial charge in [0.25, 0.3) is 5.91 Å². The van der Waals surface area contributed by atoms with Crippen LogP contribution in [0.15, 0.2) is 24.3 Å². The molecule has 0 aliphatic rings. The van der Waals surface area contributed by atoms with Gasteiger partial charge in [-0.05, 0) is 57.0 Å². The Morgan fingerprint density at radius 2 is 1.80 bits per heavy atom. The lowest BCUT2D eigenvalue weighted by molar-refractivity contribution is 0.102. The molecule has 0 saturated heterocycles. The first-order valence-electron chi connectivity index (χ1n) is 6.41. The van der Waals surface area contributed by atoms with Gasteiger partial charge in [0.1, 0.15) is 5.82 Å². The van der Waals surface area contributed by atoms with Crippen molar-refractivity contribution in [3.63, 3.8) is 0 Å². The molecule has 0 saturated carbocycles. The summed E-state index contributed by atoms with van der Waals surface area (Å²) < 4.78 is 13.3. The van der Waals surface area contributed by atoms with E-state index in [1.807, 2.05) is 26.8 Å². The molecular weight excluding hydrogens is 255 g/mol. The summed E-state index contributed by atoms with van der Waals surface area (Å²) in [5, 5.41) is 2.82. The van der Waals surface area contributed by atoms with Crippen LogP contribution in [0.25, 0.3) is 0 Å². The summed E-state index contributed by atoms with van der Waals surface area (Å²) in [7, 11) is 0. The van der Waals surface area contributed by atoms with Crippen LogP contribution in [0.4, 0.5) is 10.1 Å². The Bertz CT molecular complexity index is 657. The fraction of sp³-hybridized carbons (Fsp3) is 0.250. The van der Waals surface area contributed by atoms with Gasteiger partial charge in [-0.2, -0.15) is 0 Å². The zero-order chi connectivity index (χ0) is 14.9. The minimum atomic E-state index is -0.420. The molecule has 0 radical (unpaired) electrons. The molecule has 0 unspecified atom stereocenters. The predicted molar refractivity (Wildman–Crippen MR) is 77.5 cm³/mol. The van der Waals surface area contributed by atoms with E-state index in [1.54, 1.807) is 13.0 Å². The number of benzene rings is 1. The van der Waals surface area contributed by atoms with E-state index in [4.69, 9.17) is 0 Å². The highest BCUT2D eigenvalue weighted by atomic mass is 19.1. The van der Waals surface area contributed by atoms with Crippen molar-refractivity contribution >= 4 is 11.6 Å². The number of amides is 1. The van der Waals surface area contributed by atoms with Gasteiger partial charge in [0.15, 0.2) is 0 Å². The van der Waals surface area contributed by atoms with E-state index in [9.17, 15) is 9.18 Å². The molecule has 3 nitrogen and oxygen atoms in total. The second kappa shape index (κ2) is 5.41. The summed E-state index contributed by atoms with van der Waals surface area (Å²) in [4.78, 5) is 16.6. The minimum Gasteiger partial charge on any atom is -0.320 e. The SMILES string of the molecule is Cc1cc(C)c(NC(=O)c2cc(F)ccc2C)c(C)n1. The number of hydrogen-bond acceptors (Lipinski definition) is 2.